The van der Waals surface area contributed by atoms with Crippen molar-refractivity contribution in [1.82, 2.24) is 24.3 Å². The molecule has 2 aliphatic heterocycles. The third-order valence-electron chi connectivity index (χ3n) is 9.68. The first-order valence-electron chi connectivity index (χ1n) is 15.7. The number of carbonyl (C=O) groups excluding carboxylic acids is 1. The van der Waals surface area contributed by atoms with Gasteiger partial charge in [0.05, 0.1) is 29.4 Å². The number of halogens is 3. The van der Waals surface area contributed by atoms with Crippen LogP contribution in [0.2, 0.25) is 5.02 Å². The fourth-order valence-corrected chi connectivity index (χ4v) is 7.53. The van der Waals surface area contributed by atoms with Crippen LogP contribution in [-0.2, 0) is 4.79 Å². The molecule has 0 spiro atoms. The Bertz CT molecular complexity index is 1900. The highest BCUT2D eigenvalue weighted by atomic mass is 35.5. The van der Waals surface area contributed by atoms with Gasteiger partial charge in [-0.2, -0.15) is 5.26 Å². The molecule has 1 amide bonds. The molecule has 8 nitrogen and oxygen atoms in total. The number of fused-ring (bicyclic) bond motifs is 3. The summed E-state index contributed by atoms with van der Waals surface area (Å²) in [7, 11) is 2.07. The molecule has 240 valence electrons. The minimum atomic E-state index is -1.05. The summed E-state index contributed by atoms with van der Waals surface area (Å²) < 4.78 is 39.2. The monoisotopic (exact) mass is 646 g/mol. The van der Waals surface area contributed by atoms with Crippen LogP contribution in [0.5, 0.6) is 5.88 Å². The summed E-state index contributed by atoms with van der Waals surface area (Å²) in [5.41, 5.74) is 3.80. The maximum absolute atomic E-state index is 16.9. The number of likely N-dealkylation sites (tertiary alicyclic amines) is 2. The van der Waals surface area contributed by atoms with Crippen molar-refractivity contribution in [3.05, 3.63) is 65.0 Å². The van der Waals surface area contributed by atoms with Gasteiger partial charge in [-0.25, -0.2) is 18.7 Å². The van der Waals surface area contributed by atoms with Gasteiger partial charge in [0.15, 0.2) is 17.2 Å². The van der Waals surface area contributed by atoms with Crippen molar-refractivity contribution in [2.75, 3.05) is 20.1 Å². The smallest absolute Gasteiger partial charge is 0.282 e. The van der Waals surface area contributed by atoms with Gasteiger partial charge in [0.2, 0.25) is 5.88 Å². The molecular weight excluding hydrogens is 610 g/mol. The van der Waals surface area contributed by atoms with Gasteiger partial charge in [-0.15, -0.1) is 0 Å². The molecule has 0 aliphatic carbocycles. The lowest BCUT2D eigenvalue weighted by Crippen LogP contribution is -2.46. The van der Waals surface area contributed by atoms with Gasteiger partial charge in [-0.05, 0) is 77.2 Å². The SMILES string of the molecule is C=C(F)C(=O)N1CC[C@H](n2cnc3c(O[C@@H](C)[C@@H]4CCCN4C)nc4c(F)c(-c5cccc(C)c5Cl)c(C)cc4c32)C[C@H]1CC#N. The van der Waals surface area contributed by atoms with E-state index in [1.165, 1.54) is 4.90 Å². The number of amides is 1. The zero-order valence-corrected chi connectivity index (χ0v) is 27.2. The summed E-state index contributed by atoms with van der Waals surface area (Å²) in [5, 5.41) is 10.6. The largest absolute Gasteiger partial charge is 0.471 e. The number of nitrogens with zero attached hydrogens (tertiary/aromatic N) is 6. The number of benzene rings is 2. The van der Waals surface area contributed by atoms with Gasteiger partial charge in [0.25, 0.3) is 5.91 Å². The highest BCUT2D eigenvalue weighted by Gasteiger charge is 2.35. The Morgan fingerprint density at radius 2 is 2.02 bits per heavy atom. The number of aryl methyl sites for hydroxylation is 2. The second-order valence-corrected chi connectivity index (χ2v) is 13.0. The van der Waals surface area contributed by atoms with E-state index >= 15 is 4.39 Å². The minimum absolute atomic E-state index is 0.0413. The van der Waals surface area contributed by atoms with Gasteiger partial charge in [0, 0.05) is 41.2 Å². The number of carbonyl (C=O) groups is 1. The van der Waals surface area contributed by atoms with Crippen LogP contribution in [-0.4, -0.2) is 68.6 Å². The quantitative estimate of drug-likeness (QED) is 0.194. The van der Waals surface area contributed by atoms with E-state index in [1.807, 2.05) is 43.5 Å². The minimum Gasteiger partial charge on any atom is -0.471 e. The van der Waals surface area contributed by atoms with Crippen molar-refractivity contribution in [2.45, 2.75) is 77.1 Å². The number of aromatic nitrogens is 3. The Morgan fingerprint density at radius 3 is 2.72 bits per heavy atom. The number of imidazole rings is 1. The number of hydrogen-bond acceptors (Lipinski definition) is 6. The molecule has 2 fully saturated rings. The van der Waals surface area contributed by atoms with E-state index < -0.39 is 23.6 Å². The predicted octanol–water partition coefficient (Wildman–Crippen LogP) is 7.45. The Hall–Kier alpha value is -4.07. The molecule has 0 radical (unpaired) electrons. The number of rotatable bonds is 7. The topological polar surface area (TPSA) is 87.3 Å². The second-order valence-electron chi connectivity index (χ2n) is 12.6. The summed E-state index contributed by atoms with van der Waals surface area (Å²) in [4.78, 5) is 25.8. The van der Waals surface area contributed by atoms with E-state index in [0.29, 0.717) is 51.0 Å². The van der Waals surface area contributed by atoms with E-state index in [2.05, 4.69) is 24.6 Å². The lowest BCUT2D eigenvalue weighted by molar-refractivity contribution is -0.132. The van der Waals surface area contributed by atoms with Crippen molar-refractivity contribution in [3.63, 3.8) is 0 Å². The molecule has 11 heteroatoms. The molecule has 4 heterocycles. The molecule has 0 unspecified atom stereocenters. The molecule has 0 bridgehead atoms. The Balaban J connectivity index is 1.53. The molecule has 6 rings (SSSR count). The lowest BCUT2D eigenvalue weighted by Gasteiger charge is -2.38. The second kappa shape index (κ2) is 12.6. The molecule has 46 heavy (non-hydrogen) atoms. The van der Waals surface area contributed by atoms with Crippen molar-refractivity contribution in [3.8, 4) is 23.1 Å². The van der Waals surface area contributed by atoms with Crippen LogP contribution in [0, 0.1) is 31.0 Å². The third kappa shape index (κ3) is 5.50. The van der Waals surface area contributed by atoms with Crippen molar-refractivity contribution in [1.29, 1.82) is 5.26 Å². The van der Waals surface area contributed by atoms with E-state index in [-0.39, 0.29) is 42.5 Å². The Labute approximate surface area is 272 Å². The molecular formula is C35H37ClF2N6O2. The average Bonchev–Trinajstić information content (AvgIpc) is 3.67. The number of piperidine rings is 1. The summed E-state index contributed by atoms with van der Waals surface area (Å²) in [6.45, 7) is 10.1. The summed E-state index contributed by atoms with van der Waals surface area (Å²) in [6, 6.07) is 9.05. The number of likely N-dealkylation sites (N-methyl/N-ethyl adjacent to an activating group) is 1. The van der Waals surface area contributed by atoms with Gasteiger partial charge in [0.1, 0.15) is 11.6 Å². The van der Waals surface area contributed by atoms with E-state index in [0.717, 1.165) is 24.9 Å². The molecule has 2 saturated heterocycles. The van der Waals surface area contributed by atoms with Crippen molar-refractivity contribution >= 4 is 39.4 Å². The van der Waals surface area contributed by atoms with Gasteiger partial charge in [-0.3, -0.25) is 9.69 Å². The lowest BCUT2D eigenvalue weighted by atomic mass is 9.93. The predicted molar refractivity (Wildman–Crippen MR) is 175 cm³/mol. The molecule has 2 aliphatic rings. The fourth-order valence-electron chi connectivity index (χ4n) is 7.31. The van der Waals surface area contributed by atoms with Gasteiger partial charge < -0.3 is 14.2 Å². The molecule has 2 aromatic carbocycles. The van der Waals surface area contributed by atoms with Gasteiger partial charge >= 0.3 is 0 Å². The zero-order valence-electron chi connectivity index (χ0n) is 26.5. The highest BCUT2D eigenvalue weighted by Crippen LogP contribution is 2.42. The first kappa shape index (κ1) is 31.9. The normalized spacial score (nSPS) is 21.1. The van der Waals surface area contributed by atoms with Crippen LogP contribution in [0.4, 0.5) is 8.78 Å². The summed E-state index contributed by atoms with van der Waals surface area (Å²) >= 11 is 6.70. The van der Waals surface area contributed by atoms with Crippen molar-refractivity contribution < 1.29 is 18.3 Å². The molecule has 0 N–H and O–H groups in total. The first-order chi connectivity index (χ1) is 22.0. The van der Waals surface area contributed by atoms with Crippen LogP contribution >= 0.6 is 11.6 Å². The fraction of sp³-hybridized carbons (Fsp3) is 0.429. The molecule has 2 aromatic heterocycles. The molecule has 4 atom stereocenters. The average molecular weight is 647 g/mol. The van der Waals surface area contributed by atoms with Gasteiger partial charge in [-0.1, -0.05) is 36.4 Å². The van der Waals surface area contributed by atoms with E-state index in [9.17, 15) is 14.4 Å². The summed E-state index contributed by atoms with van der Waals surface area (Å²) in [6.07, 6.45) is 4.43. The number of nitriles is 1. The van der Waals surface area contributed by atoms with Crippen LogP contribution in [0.25, 0.3) is 33.1 Å². The Kier molecular flexibility index (Phi) is 8.75. The maximum atomic E-state index is 16.9. The standard InChI is InChI=1S/C35H37ClF2N6O2/c1-19-8-6-9-25(29(19)36)28-20(2)16-26-31(30(28)38)41-34(46-22(4)27-10-7-14-42(27)5)32-33(26)44(18-40-32)24-12-15-43(35(45)21(3)37)23(17-24)11-13-39/h6,8-9,16,18,22-24,27H,3,7,10-12,14-15,17H2,1-2,4-5H3/t22-,23+,24-,27-/m0/s1. The van der Waals surface area contributed by atoms with Crippen LogP contribution in [0.3, 0.4) is 0 Å². The number of pyridine rings is 1. The summed E-state index contributed by atoms with van der Waals surface area (Å²) in [5.74, 6) is -2.11. The van der Waals surface area contributed by atoms with Crippen LogP contribution in [0.1, 0.15) is 56.2 Å². The first-order valence-corrected chi connectivity index (χ1v) is 16.0. The zero-order chi connectivity index (χ0) is 32.9. The number of ether oxygens (including phenoxy) is 1. The molecule has 4 aromatic rings. The molecule has 0 saturated carbocycles. The van der Waals surface area contributed by atoms with Crippen molar-refractivity contribution in [2.24, 2.45) is 0 Å². The maximum Gasteiger partial charge on any atom is 0.282 e. The number of hydrogen-bond donors (Lipinski definition) is 0. The highest BCUT2D eigenvalue weighted by molar-refractivity contribution is 6.34. The van der Waals surface area contributed by atoms with E-state index in [4.69, 9.17) is 26.3 Å². The Morgan fingerprint density at radius 1 is 1.24 bits per heavy atom. The van der Waals surface area contributed by atoms with E-state index in [1.54, 1.807) is 12.4 Å². The third-order valence-corrected chi connectivity index (χ3v) is 10.2. The van der Waals surface area contributed by atoms with Crippen LogP contribution in [0.15, 0.2) is 43.0 Å². The van der Waals surface area contributed by atoms with Crippen LogP contribution < -0.4 is 4.74 Å².